The number of aromatic nitrogens is 3. The van der Waals surface area contributed by atoms with Crippen molar-refractivity contribution >= 4 is 23.2 Å². The van der Waals surface area contributed by atoms with Gasteiger partial charge in [-0.3, -0.25) is 9.69 Å². The highest BCUT2D eigenvalue weighted by Gasteiger charge is 2.35. The number of anilines is 3. The molecule has 0 spiro atoms. The average Bonchev–Trinajstić information content (AvgIpc) is 3.74. The molecule has 3 unspecified atom stereocenters. The molecule has 6 rings (SSSR count). The van der Waals surface area contributed by atoms with Gasteiger partial charge in [0.25, 0.3) is 5.88 Å². The van der Waals surface area contributed by atoms with E-state index in [0.29, 0.717) is 35.3 Å². The van der Waals surface area contributed by atoms with Crippen molar-refractivity contribution < 1.29 is 9.53 Å². The second-order valence-corrected chi connectivity index (χ2v) is 13.4. The summed E-state index contributed by atoms with van der Waals surface area (Å²) in [7, 11) is 0. The first-order chi connectivity index (χ1) is 23.4. The lowest BCUT2D eigenvalue weighted by Crippen LogP contribution is -2.46. The molecule has 11 nitrogen and oxygen atoms in total. The summed E-state index contributed by atoms with van der Waals surface area (Å²) in [5.41, 5.74) is 15.5. The van der Waals surface area contributed by atoms with Crippen molar-refractivity contribution in [3.8, 4) is 23.2 Å². The van der Waals surface area contributed by atoms with Crippen LogP contribution in [0.2, 0.25) is 0 Å². The molecule has 3 aromatic rings. The van der Waals surface area contributed by atoms with Crippen LogP contribution in [0.1, 0.15) is 62.5 Å². The lowest BCUT2D eigenvalue weighted by Gasteiger charge is -2.36. The molecule has 2 aromatic heterocycles. The van der Waals surface area contributed by atoms with Gasteiger partial charge in [-0.2, -0.15) is 5.26 Å². The minimum Gasteiger partial charge on any atom is -0.470 e. The Hall–Kier alpha value is -4.69. The van der Waals surface area contributed by atoms with E-state index in [1.54, 1.807) is 18.5 Å². The number of carbonyl (C=O) groups is 1. The van der Waals surface area contributed by atoms with Gasteiger partial charge in [0.1, 0.15) is 18.5 Å². The van der Waals surface area contributed by atoms with E-state index < -0.39 is 0 Å². The highest BCUT2D eigenvalue weighted by atomic mass is 16.5. The number of fused-ring (bicyclic) bond motifs is 2. The summed E-state index contributed by atoms with van der Waals surface area (Å²) in [6.45, 7) is 5.86. The molecule has 0 radical (unpaired) electrons. The Labute approximate surface area is 283 Å². The van der Waals surface area contributed by atoms with Crippen molar-refractivity contribution in [3.63, 3.8) is 0 Å². The van der Waals surface area contributed by atoms with Gasteiger partial charge in [0, 0.05) is 50.9 Å². The normalized spacial score (nSPS) is 20.1. The van der Waals surface area contributed by atoms with Crippen molar-refractivity contribution in [1.82, 2.24) is 25.2 Å². The largest absolute Gasteiger partial charge is 0.470 e. The number of hydrogen-bond donors (Lipinski definition) is 3. The third-order valence-corrected chi connectivity index (χ3v) is 9.97. The molecule has 2 bridgehead atoms. The fourth-order valence-electron chi connectivity index (χ4n) is 7.25. The zero-order valence-electron chi connectivity index (χ0n) is 27.7. The SMILES string of the molecule is N#Cc1cc(-c2cnc(N)c(OCc3ccnc(N)c3)n2)ccc1N1CCN(CCCCCCCC(=O)NCC2CC3C=CC2C3)CC1. The van der Waals surface area contributed by atoms with E-state index in [0.717, 1.165) is 74.8 Å². The van der Waals surface area contributed by atoms with Crippen LogP contribution in [-0.2, 0) is 11.4 Å². The van der Waals surface area contributed by atoms with Gasteiger partial charge < -0.3 is 26.4 Å². The Morgan fingerprint density at radius 3 is 2.60 bits per heavy atom. The second kappa shape index (κ2) is 15.9. The highest BCUT2D eigenvalue weighted by Crippen LogP contribution is 2.43. The number of hydrogen-bond acceptors (Lipinski definition) is 10. The number of allylic oxidation sites excluding steroid dienone is 2. The fourth-order valence-corrected chi connectivity index (χ4v) is 7.25. The van der Waals surface area contributed by atoms with Crippen LogP contribution in [0.25, 0.3) is 11.3 Å². The zero-order chi connectivity index (χ0) is 33.3. The number of nitrogen functional groups attached to an aromatic ring is 2. The lowest BCUT2D eigenvalue weighted by molar-refractivity contribution is -0.121. The number of rotatable bonds is 15. The maximum Gasteiger partial charge on any atom is 0.258 e. The van der Waals surface area contributed by atoms with Crippen molar-refractivity contribution in [2.45, 2.75) is 58.0 Å². The van der Waals surface area contributed by atoms with Crippen molar-refractivity contribution in [1.29, 1.82) is 5.26 Å². The summed E-state index contributed by atoms with van der Waals surface area (Å²) in [6, 6.07) is 11.7. The number of benzene rings is 1. The molecular weight excluding hydrogens is 602 g/mol. The molecule has 5 N–H and O–H groups in total. The van der Waals surface area contributed by atoms with E-state index in [9.17, 15) is 10.1 Å². The van der Waals surface area contributed by atoms with Crippen molar-refractivity contribution in [2.75, 3.05) is 55.6 Å². The van der Waals surface area contributed by atoms with Gasteiger partial charge in [-0.1, -0.05) is 37.5 Å². The van der Waals surface area contributed by atoms with Crippen LogP contribution in [0.15, 0.2) is 54.9 Å². The standard InChI is InChI=1S/C37H47N9O2/c38-22-30-21-29(32-24-43-36(40)37(44-32)48-25-27-11-12-41-34(39)20-27)9-10-33(30)46-16-14-45(15-17-46)13-5-3-1-2-4-6-35(47)42-23-31-19-26-7-8-28(31)18-26/h7-12,20-21,24,26,28,31H,1-6,13-19,23,25H2,(H2,39,41)(H2,40,43)(H,42,47). The minimum atomic E-state index is 0.189. The fraction of sp³-hybridized carbons (Fsp3) is 0.486. The molecule has 3 atom stereocenters. The number of nitrogens with zero attached hydrogens (tertiary/aromatic N) is 6. The van der Waals surface area contributed by atoms with Crippen molar-refractivity contribution in [3.05, 3.63) is 66.0 Å². The van der Waals surface area contributed by atoms with Gasteiger partial charge >= 0.3 is 0 Å². The molecule has 1 amide bonds. The molecule has 2 aliphatic carbocycles. The number of nitrogens with one attached hydrogen (secondary N) is 1. The van der Waals surface area contributed by atoms with E-state index in [2.05, 4.69) is 48.3 Å². The summed E-state index contributed by atoms with van der Waals surface area (Å²) in [5, 5.41) is 13.2. The Balaban J connectivity index is 0.894. The first-order valence-electron chi connectivity index (χ1n) is 17.4. The topological polar surface area (TPSA) is 159 Å². The van der Waals surface area contributed by atoms with Gasteiger partial charge in [0.15, 0.2) is 5.82 Å². The van der Waals surface area contributed by atoms with E-state index in [1.165, 1.54) is 32.1 Å². The number of carbonyl (C=O) groups excluding carboxylic acids is 1. The first kappa shape index (κ1) is 33.2. The maximum absolute atomic E-state index is 12.3. The third-order valence-electron chi connectivity index (χ3n) is 9.97. The third kappa shape index (κ3) is 8.61. The van der Waals surface area contributed by atoms with Crippen LogP contribution in [0.4, 0.5) is 17.3 Å². The van der Waals surface area contributed by atoms with E-state index in [-0.39, 0.29) is 24.2 Å². The number of amides is 1. The molecule has 2 fully saturated rings. The molecule has 1 saturated heterocycles. The Kier molecular flexibility index (Phi) is 11.0. The number of nitriles is 1. The number of pyridine rings is 1. The Bertz CT molecular complexity index is 1630. The molecule has 1 saturated carbocycles. The number of ether oxygens (including phenoxy) is 1. The van der Waals surface area contributed by atoms with Crippen LogP contribution in [0, 0.1) is 29.1 Å². The number of unbranched alkanes of at least 4 members (excludes halogenated alkanes) is 4. The molecule has 1 aliphatic heterocycles. The van der Waals surface area contributed by atoms with Gasteiger partial charge in [-0.15, -0.1) is 0 Å². The second-order valence-electron chi connectivity index (χ2n) is 13.4. The quantitative estimate of drug-likeness (QED) is 0.152. The van der Waals surface area contributed by atoms with E-state index in [1.807, 2.05) is 24.3 Å². The molecular formula is C37H47N9O2. The lowest BCUT2D eigenvalue weighted by atomic mass is 9.93. The number of piperazine rings is 1. The smallest absolute Gasteiger partial charge is 0.258 e. The summed E-state index contributed by atoms with van der Waals surface area (Å²) < 4.78 is 5.84. The Morgan fingerprint density at radius 2 is 1.83 bits per heavy atom. The van der Waals surface area contributed by atoms with Gasteiger partial charge in [0.05, 0.1) is 23.1 Å². The summed E-state index contributed by atoms with van der Waals surface area (Å²) in [6.07, 6.45) is 16.7. The molecule has 48 heavy (non-hydrogen) atoms. The van der Waals surface area contributed by atoms with Gasteiger partial charge in [-0.05, 0) is 79.8 Å². The van der Waals surface area contributed by atoms with Crippen LogP contribution in [0.3, 0.4) is 0 Å². The average molecular weight is 650 g/mol. The zero-order valence-corrected chi connectivity index (χ0v) is 27.7. The number of nitrogens with two attached hydrogens (primary N) is 2. The molecule has 3 heterocycles. The van der Waals surface area contributed by atoms with Crippen LogP contribution in [0.5, 0.6) is 5.88 Å². The van der Waals surface area contributed by atoms with E-state index in [4.69, 9.17) is 16.2 Å². The van der Waals surface area contributed by atoms with Gasteiger partial charge in [-0.25, -0.2) is 15.0 Å². The summed E-state index contributed by atoms with van der Waals surface area (Å²) >= 11 is 0. The predicted molar refractivity (Wildman–Crippen MR) is 188 cm³/mol. The first-order valence-corrected chi connectivity index (χ1v) is 17.4. The highest BCUT2D eigenvalue weighted by molar-refractivity contribution is 5.75. The maximum atomic E-state index is 12.3. The van der Waals surface area contributed by atoms with Crippen molar-refractivity contribution in [2.24, 2.45) is 17.8 Å². The van der Waals surface area contributed by atoms with Crippen LogP contribution in [-0.4, -0.2) is 65.0 Å². The molecule has 1 aromatic carbocycles. The summed E-state index contributed by atoms with van der Waals surface area (Å²) in [5.74, 6) is 3.14. The monoisotopic (exact) mass is 649 g/mol. The van der Waals surface area contributed by atoms with E-state index >= 15 is 0 Å². The minimum absolute atomic E-state index is 0.189. The molecule has 3 aliphatic rings. The molecule has 252 valence electrons. The van der Waals surface area contributed by atoms with Crippen LogP contribution >= 0.6 is 0 Å². The summed E-state index contributed by atoms with van der Waals surface area (Å²) in [4.78, 5) is 29.9. The molecule has 11 heteroatoms. The van der Waals surface area contributed by atoms with Crippen LogP contribution < -0.4 is 26.4 Å². The predicted octanol–water partition coefficient (Wildman–Crippen LogP) is 4.94. The Morgan fingerprint density at radius 1 is 1.00 bits per heavy atom. The van der Waals surface area contributed by atoms with Gasteiger partial charge in [0.2, 0.25) is 5.91 Å².